The normalized spacial score (nSPS) is 25.6. The summed E-state index contributed by atoms with van der Waals surface area (Å²) in [5, 5.41) is 5.84. The van der Waals surface area contributed by atoms with Gasteiger partial charge in [0, 0.05) is 24.7 Å². The largest absolute Gasteiger partial charge is 0.330 e. The van der Waals surface area contributed by atoms with Crippen LogP contribution in [0.4, 0.5) is 0 Å². The van der Waals surface area contributed by atoms with Gasteiger partial charge in [-0.2, -0.15) is 0 Å². The summed E-state index contributed by atoms with van der Waals surface area (Å²) < 4.78 is 0. The van der Waals surface area contributed by atoms with Crippen LogP contribution in [0.3, 0.4) is 0 Å². The molecule has 0 aromatic carbocycles. The van der Waals surface area contributed by atoms with E-state index in [1.807, 2.05) is 0 Å². The fraction of sp³-hybridized carbons (Fsp3) is 1.00. The van der Waals surface area contributed by atoms with E-state index in [9.17, 15) is 0 Å². The molecule has 0 aromatic rings. The molecule has 3 aliphatic rings. The molecule has 3 heteroatoms. The smallest absolute Gasteiger partial charge is 0.0249 e. The third-order valence-corrected chi connectivity index (χ3v) is 6.78. The maximum absolute atomic E-state index is 5.92. The highest BCUT2D eigenvalue weighted by Crippen LogP contribution is 2.34. The Morgan fingerprint density at radius 3 is 1.42 bits per heavy atom. The fourth-order valence-corrected chi connectivity index (χ4v) is 5.53. The highest BCUT2D eigenvalue weighted by Gasteiger charge is 2.36. The van der Waals surface area contributed by atoms with Crippen molar-refractivity contribution in [2.24, 2.45) is 5.73 Å². The monoisotopic (exact) mass is 335 g/mol. The maximum Gasteiger partial charge on any atom is 0.0249 e. The van der Waals surface area contributed by atoms with E-state index in [0.717, 1.165) is 31.1 Å². The van der Waals surface area contributed by atoms with Gasteiger partial charge >= 0.3 is 0 Å². The molecule has 0 saturated heterocycles. The molecule has 0 spiro atoms. The van der Waals surface area contributed by atoms with Gasteiger partial charge in [0.25, 0.3) is 0 Å². The molecule has 0 radical (unpaired) electrons. The van der Waals surface area contributed by atoms with Gasteiger partial charge in [-0.25, -0.2) is 10.0 Å². The molecule has 3 aliphatic carbocycles. The van der Waals surface area contributed by atoms with Gasteiger partial charge in [0.2, 0.25) is 0 Å². The summed E-state index contributed by atoms with van der Waals surface area (Å²) in [4.78, 5) is 0. The van der Waals surface area contributed by atoms with Crippen LogP contribution >= 0.6 is 0 Å². The first kappa shape index (κ1) is 18.7. The summed E-state index contributed by atoms with van der Waals surface area (Å²) in [6.07, 6.45) is 22.8. The van der Waals surface area contributed by atoms with Crippen molar-refractivity contribution in [3.63, 3.8) is 0 Å². The quantitative estimate of drug-likeness (QED) is 0.675. The Morgan fingerprint density at radius 1 is 0.583 bits per heavy atom. The molecule has 0 unspecified atom stereocenters. The minimum Gasteiger partial charge on any atom is -0.330 e. The molecule has 2 N–H and O–H groups in total. The lowest BCUT2D eigenvalue weighted by molar-refractivity contribution is -0.142. The minimum absolute atomic E-state index is 0.800. The maximum atomic E-state index is 5.92. The molecule has 0 aliphatic heterocycles. The van der Waals surface area contributed by atoms with Crippen LogP contribution in [0.1, 0.15) is 103 Å². The van der Waals surface area contributed by atoms with Crippen LogP contribution in [-0.2, 0) is 0 Å². The third-order valence-electron chi connectivity index (χ3n) is 6.78. The summed E-state index contributed by atoms with van der Waals surface area (Å²) in [5.74, 6) is 0. The van der Waals surface area contributed by atoms with Gasteiger partial charge in [-0.15, -0.1) is 0 Å². The predicted molar refractivity (Wildman–Crippen MR) is 103 cm³/mol. The Bertz CT molecular complexity index is 310. The molecular weight excluding hydrogens is 294 g/mol. The van der Waals surface area contributed by atoms with Gasteiger partial charge in [-0.1, -0.05) is 57.8 Å². The molecule has 0 amide bonds. The van der Waals surface area contributed by atoms with E-state index < -0.39 is 0 Å². The first-order valence-corrected chi connectivity index (χ1v) is 11.1. The Hall–Kier alpha value is -0.120. The Labute approximate surface area is 150 Å². The summed E-state index contributed by atoms with van der Waals surface area (Å²) in [6.45, 7) is 2.04. The van der Waals surface area contributed by atoms with E-state index in [1.54, 1.807) is 0 Å². The summed E-state index contributed by atoms with van der Waals surface area (Å²) >= 11 is 0. The minimum atomic E-state index is 0.800. The molecular formula is C21H41N3. The summed E-state index contributed by atoms with van der Waals surface area (Å²) in [5.41, 5.74) is 5.92. The van der Waals surface area contributed by atoms with Crippen molar-refractivity contribution in [3.05, 3.63) is 0 Å². The molecule has 3 fully saturated rings. The van der Waals surface area contributed by atoms with Crippen LogP contribution in [0, 0.1) is 0 Å². The molecule has 24 heavy (non-hydrogen) atoms. The van der Waals surface area contributed by atoms with Crippen molar-refractivity contribution >= 4 is 0 Å². The first-order valence-electron chi connectivity index (χ1n) is 11.1. The lowest BCUT2D eigenvalue weighted by atomic mass is 9.89. The molecule has 0 heterocycles. The number of nitrogens with two attached hydrogens (primary N) is 1. The molecule has 3 saturated carbocycles. The standard InChI is InChI=1S/C21H41N3/c22-17-10-18-23(19-11-4-1-5-12-19)24(20-13-6-2-7-14-20)21-15-8-3-9-16-21/h19-21H,1-18,22H2. The zero-order chi connectivity index (χ0) is 16.6. The van der Waals surface area contributed by atoms with Crippen LogP contribution in [0.25, 0.3) is 0 Å². The van der Waals surface area contributed by atoms with Crippen molar-refractivity contribution in [3.8, 4) is 0 Å². The molecule has 3 rings (SSSR count). The van der Waals surface area contributed by atoms with Gasteiger partial charge < -0.3 is 5.73 Å². The average Bonchev–Trinajstić information content (AvgIpc) is 2.67. The molecule has 0 atom stereocenters. The van der Waals surface area contributed by atoms with Crippen molar-refractivity contribution in [2.75, 3.05) is 13.1 Å². The second kappa shape index (κ2) is 10.1. The highest BCUT2D eigenvalue weighted by molar-refractivity contribution is 4.86. The SMILES string of the molecule is NCCCN(C1CCCCC1)N(C1CCCCC1)C1CCCCC1. The van der Waals surface area contributed by atoms with Crippen LogP contribution in [0.5, 0.6) is 0 Å². The van der Waals surface area contributed by atoms with Gasteiger partial charge in [0.05, 0.1) is 0 Å². The number of hydrazine groups is 1. The van der Waals surface area contributed by atoms with Gasteiger partial charge in [-0.05, 0) is 51.5 Å². The van der Waals surface area contributed by atoms with Crippen molar-refractivity contribution < 1.29 is 0 Å². The van der Waals surface area contributed by atoms with Crippen molar-refractivity contribution in [2.45, 2.75) is 121 Å². The second-order valence-electron chi connectivity index (χ2n) is 8.56. The van der Waals surface area contributed by atoms with E-state index in [1.165, 1.54) is 103 Å². The Balaban J connectivity index is 1.76. The lowest BCUT2D eigenvalue weighted by Gasteiger charge is -2.51. The van der Waals surface area contributed by atoms with E-state index in [2.05, 4.69) is 10.0 Å². The number of hydrogen-bond acceptors (Lipinski definition) is 3. The number of nitrogens with zero attached hydrogens (tertiary/aromatic N) is 2. The van der Waals surface area contributed by atoms with Gasteiger partial charge in [-0.3, -0.25) is 0 Å². The molecule has 3 nitrogen and oxygen atoms in total. The highest BCUT2D eigenvalue weighted by atomic mass is 15.7. The second-order valence-corrected chi connectivity index (χ2v) is 8.56. The number of hydrogen-bond donors (Lipinski definition) is 1. The van der Waals surface area contributed by atoms with E-state index >= 15 is 0 Å². The average molecular weight is 336 g/mol. The van der Waals surface area contributed by atoms with E-state index in [0.29, 0.717) is 0 Å². The van der Waals surface area contributed by atoms with Crippen LogP contribution in [0.2, 0.25) is 0 Å². The third kappa shape index (κ3) is 4.95. The van der Waals surface area contributed by atoms with Crippen molar-refractivity contribution in [1.29, 1.82) is 0 Å². The Kier molecular flexibility index (Phi) is 7.88. The fourth-order valence-electron chi connectivity index (χ4n) is 5.53. The van der Waals surface area contributed by atoms with E-state index in [4.69, 9.17) is 5.73 Å². The van der Waals surface area contributed by atoms with Crippen LogP contribution in [0.15, 0.2) is 0 Å². The zero-order valence-corrected chi connectivity index (χ0v) is 15.9. The van der Waals surface area contributed by atoms with E-state index in [-0.39, 0.29) is 0 Å². The first-order chi connectivity index (χ1) is 11.9. The summed E-state index contributed by atoms with van der Waals surface area (Å²) in [6, 6.07) is 2.44. The zero-order valence-electron chi connectivity index (χ0n) is 15.9. The van der Waals surface area contributed by atoms with Crippen LogP contribution < -0.4 is 5.73 Å². The molecule has 0 bridgehead atoms. The summed E-state index contributed by atoms with van der Waals surface area (Å²) in [7, 11) is 0. The molecule has 0 aromatic heterocycles. The van der Waals surface area contributed by atoms with Crippen LogP contribution in [-0.4, -0.2) is 41.2 Å². The number of rotatable bonds is 7. The Morgan fingerprint density at radius 2 is 1.00 bits per heavy atom. The molecule has 140 valence electrons. The predicted octanol–water partition coefficient (Wildman–Crippen LogP) is 4.85. The van der Waals surface area contributed by atoms with Gasteiger partial charge in [0.1, 0.15) is 0 Å². The van der Waals surface area contributed by atoms with Gasteiger partial charge in [0.15, 0.2) is 0 Å². The van der Waals surface area contributed by atoms with Crippen molar-refractivity contribution in [1.82, 2.24) is 10.0 Å². The topological polar surface area (TPSA) is 32.5 Å². The lowest BCUT2D eigenvalue weighted by Crippen LogP contribution is -2.59.